The molecular formula is C20H19Cl2NO4. The molecule has 5 nitrogen and oxygen atoms in total. The van der Waals surface area contributed by atoms with Gasteiger partial charge in [0.1, 0.15) is 5.75 Å². The van der Waals surface area contributed by atoms with Crippen molar-refractivity contribution in [3.05, 3.63) is 64.1 Å². The number of nitrogens with one attached hydrogen (secondary N) is 1. The van der Waals surface area contributed by atoms with E-state index < -0.39 is 18.0 Å². The predicted octanol–water partition coefficient (Wildman–Crippen LogP) is 4.98. The second kappa shape index (κ2) is 10.00. The fourth-order valence-electron chi connectivity index (χ4n) is 2.16. The fraction of sp³-hybridized carbons (Fsp3) is 0.200. The number of anilines is 1. The van der Waals surface area contributed by atoms with Crippen molar-refractivity contribution in [2.75, 3.05) is 11.9 Å². The molecule has 0 heterocycles. The number of benzene rings is 2. The van der Waals surface area contributed by atoms with Gasteiger partial charge >= 0.3 is 5.97 Å². The summed E-state index contributed by atoms with van der Waals surface area (Å²) in [4.78, 5) is 24.2. The molecule has 0 saturated heterocycles. The Morgan fingerprint density at radius 3 is 2.67 bits per heavy atom. The van der Waals surface area contributed by atoms with Gasteiger partial charge in [-0.15, -0.1) is 0 Å². The van der Waals surface area contributed by atoms with Crippen LogP contribution in [0, 0.1) is 0 Å². The van der Waals surface area contributed by atoms with Crippen molar-refractivity contribution in [2.45, 2.75) is 20.0 Å². The number of rotatable bonds is 7. The van der Waals surface area contributed by atoms with Gasteiger partial charge in [-0.25, -0.2) is 4.79 Å². The van der Waals surface area contributed by atoms with Gasteiger partial charge in [0, 0.05) is 16.7 Å². The van der Waals surface area contributed by atoms with Crippen molar-refractivity contribution in [3.8, 4) is 5.75 Å². The van der Waals surface area contributed by atoms with Crippen molar-refractivity contribution in [2.24, 2.45) is 0 Å². The molecule has 0 bridgehead atoms. The quantitative estimate of drug-likeness (QED) is 0.519. The highest BCUT2D eigenvalue weighted by molar-refractivity contribution is 6.35. The number of carbonyl (C=O) groups excluding carboxylic acids is 2. The first kappa shape index (κ1) is 20.8. The van der Waals surface area contributed by atoms with Gasteiger partial charge in [0.25, 0.3) is 5.91 Å². The van der Waals surface area contributed by atoms with Crippen molar-refractivity contribution in [1.29, 1.82) is 0 Å². The van der Waals surface area contributed by atoms with E-state index in [-0.39, 0.29) is 0 Å². The van der Waals surface area contributed by atoms with Crippen LogP contribution < -0.4 is 10.1 Å². The number of carbonyl (C=O) groups is 2. The maximum Gasteiger partial charge on any atom is 0.331 e. The molecule has 0 unspecified atom stereocenters. The second-order valence-electron chi connectivity index (χ2n) is 5.50. The van der Waals surface area contributed by atoms with Gasteiger partial charge in [-0.05, 0) is 44.2 Å². The van der Waals surface area contributed by atoms with Gasteiger partial charge in [-0.2, -0.15) is 0 Å². The van der Waals surface area contributed by atoms with Crippen LogP contribution >= 0.6 is 23.2 Å². The summed E-state index contributed by atoms with van der Waals surface area (Å²) < 4.78 is 10.6. The van der Waals surface area contributed by atoms with E-state index in [9.17, 15) is 9.59 Å². The highest BCUT2D eigenvalue weighted by atomic mass is 35.5. The van der Waals surface area contributed by atoms with E-state index in [4.69, 9.17) is 32.7 Å². The lowest BCUT2D eigenvalue weighted by Gasteiger charge is -2.13. The van der Waals surface area contributed by atoms with E-state index in [1.807, 2.05) is 25.1 Å². The van der Waals surface area contributed by atoms with Gasteiger partial charge in [-0.1, -0.05) is 41.4 Å². The van der Waals surface area contributed by atoms with Crippen LogP contribution in [0.4, 0.5) is 5.69 Å². The molecule has 0 fully saturated rings. The molecule has 2 aromatic rings. The minimum absolute atomic E-state index is 0.332. The summed E-state index contributed by atoms with van der Waals surface area (Å²) in [5.74, 6) is -0.512. The van der Waals surface area contributed by atoms with Gasteiger partial charge in [0.05, 0.1) is 17.3 Å². The van der Waals surface area contributed by atoms with E-state index in [0.717, 1.165) is 5.56 Å². The molecule has 1 amide bonds. The Morgan fingerprint density at radius 1 is 1.19 bits per heavy atom. The number of para-hydroxylation sites is 1. The minimum atomic E-state index is -1.01. The summed E-state index contributed by atoms with van der Waals surface area (Å²) in [5.41, 5.74) is 1.08. The van der Waals surface area contributed by atoms with E-state index in [1.54, 1.807) is 24.3 Å². The van der Waals surface area contributed by atoms with Crippen LogP contribution in [0.2, 0.25) is 10.0 Å². The third-order valence-electron chi connectivity index (χ3n) is 3.47. The molecule has 7 heteroatoms. The zero-order valence-corrected chi connectivity index (χ0v) is 16.4. The normalized spacial score (nSPS) is 11.9. The molecule has 2 rings (SSSR count). The Balaban J connectivity index is 1.96. The first-order chi connectivity index (χ1) is 12.9. The lowest BCUT2D eigenvalue weighted by Crippen LogP contribution is -2.29. The zero-order chi connectivity index (χ0) is 19.8. The average molecular weight is 408 g/mol. The molecule has 2 aromatic carbocycles. The van der Waals surface area contributed by atoms with Crippen LogP contribution in [0.5, 0.6) is 5.75 Å². The molecule has 0 spiro atoms. The largest absolute Gasteiger partial charge is 0.493 e. The van der Waals surface area contributed by atoms with Gasteiger partial charge in [0.15, 0.2) is 6.10 Å². The smallest absolute Gasteiger partial charge is 0.331 e. The van der Waals surface area contributed by atoms with E-state index >= 15 is 0 Å². The number of ether oxygens (including phenoxy) is 2. The Kier molecular flexibility index (Phi) is 7.70. The highest BCUT2D eigenvalue weighted by Gasteiger charge is 2.18. The van der Waals surface area contributed by atoms with Crippen LogP contribution in [0.1, 0.15) is 19.4 Å². The summed E-state index contributed by atoms with van der Waals surface area (Å²) in [7, 11) is 0. The van der Waals surface area contributed by atoms with E-state index in [0.29, 0.717) is 28.1 Å². The SMILES string of the molecule is CCOc1ccccc1/C=C/C(=O)O[C@H](C)C(=O)Nc1cc(Cl)ccc1Cl. The standard InChI is InChI=1S/C20H19Cl2NO4/c1-3-26-18-7-5-4-6-14(18)8-11-19(24)27-13(2)20(25)23-17-12-15(21)9-10-16(17)22/h4-13H,3H2,1-2H3,(H,23,25)/b11-8+/t13-/m1/s1. The molecule has 0 radical (unpaired) electrons. The van der Waals surface area contributed by atoms with Gasteiger partial charge < -0.3 is 14.8 Å². The first-order valence-corrected chi connectivity index (χ1v) is 9.02. The number of amides is 1. The number of halogens is 2. The molecule has 142 valence electrons. The maximum atomic E-state index is 12.2. The second-order valence-corrected chi connectivity index (χ2v) is 6.34. The molecule has 0 aliphatic heterocycles. The van der Waals surface area contributed by atoms with Crippen LogP contribution in [-0.4, -0.2) is 24.6 Å². The van der Waals surface area contributed by atoms with Crippen LogP contribution in [-0.2, 0) is 14.3 Å². The zero-order valence-electron chi connectivity index (χ0n) is 14.9. The van der Waals surface area contributed by atoms with E-state index in [1.165, 1.54) is 19.1 Å². The molecule has 0 aliphatic rings. The number of hydrogen-bond donors (Lipinski definition) is 1. The van der Waals surface area contributed by atoms with Gasteiger partial charge in [-0.3, -0.25) is 4.79 Å². The van der Waals surface area contributed by atoms with E-state index in [2.05, 4.69) is 5.32 Å². The monoisotopic (exact) mass is 407 g/mol. The summed E-state index contributed by atoms with van der Waals surface area (Å²) in [6.07, 6.45) is 1.80. The summed E-state index contributed by atoms with van der Waals surface area (Å²) in [5, 5.41) is 3.34. The molecule has 1 N–H and O–H groups in total. The molecule has 0 aromatic heterocycles. The summed E-state index contributed by atoms with van der Waals surface area (Å²) in [6, 6.07) is 12.0. The van der Waals surface area contributed by atoms with Crippen LogP contribution in [0.15, 0.2) is 48.5 Å². The third kappa shape index (κ3) is 6.31. The lowest BCUT2D eigenvalue weighted by molar-refractivity contribution is -0.148. The number of esters is 1. The summed E-state index contributed by atoms with van der Waals surface area (Å²) >= 11 is 11.9. The molecule has 0 saturated carbocycles. The molecular weight excluding hydrogens is 389 g/mol. The lowest BCUT2D eigenvalue weighted by atomic mass is 10.2. The van der Waals surface area contributed by atoms with Crippen LogP contribution in [0.25, 0.3) is 6.08 Å². The third-order valence-corrected chi connectivity index (χ3v) is 4.03. The first-order valence-electron chi connectivity index (χ1n) is 8.27. The Bertz CT molecular complexity index is 852. The predicted molar refractivity (Wildman–Crippen MR) is 107 cm³/mol. The van der Waals surface area contributed by atoms with Gasteiger partial charge in [0.2, 0.25) is 0 Å². The average Bonchev–Trinajstić information content (AvgIpc) is 2.64. The minimum Gasteiger partial charge on any atom is -0.493 e. The molecule has 0 aliphatic carbocycles. The van der Waals surface area contributed by atoms with Crippen molar-refractivity contribution in [3.63, 3.8) is 0 Å². The molecule has 1 atom stereocenters. The topological polar surface area (TPSA) is 64.6 Å². The summed E-state index contributed by atoms with van der Waals surface area (Å²) in [6.45, 7) is 3.85. The Morgan fingerprint density at radius 2 is 1.93 bits per heavy atom. The Hall–Kier alpha value is -2.50. The molecule has 27 heavy (non-hydrogen) atoms. The van der Waals surface area contributed by atoms with Crippen molar-refractivity contribution >= 4 is 46.8 Å². The van der Waals surface area contributed by atoms with Crippen molar-refractivity contribution < 1.29 is 19.1 Å². The van der Waals surface area contributed by atoms with Crippen LogP contribution in [0.3, 0.4) is 0 Å². The number of hydrogen-bond acceptors (Lipinski definition) is 4. The maximum absolute atomic E-state index is 12.2. The highest BCUT2D eigenvalue weighted by Crippen LogP contribution is 2.25. The Labute approximate surface area is 167 Å². The van der Waals surface area contributed by atoms with Crippen molar-refractivity contribution in [1.82, 2.24) is 0 Å². The fourth-order valence-corrected chi connectivity index (χ4v) is 2.49.